The van der Waals surface area contributed by atoms with Crippen LogP contribution in [0.2, 0.25) is 0 Å². The summed E-state index contributed by atoms with van der Waals surface area (Å²) in [7, 11) is 0. The molecular formula is C23H20N4O4. The lowest BCUT2D eigenvalue weighted by Crippen LogP contribution is -2.54. The van der Waals surface area contributed by atoms with Crippen molar-refractivity contribution in [3.63, 3.8) is 0 Å². The van der Waals surface area contributed by atoms with E-state index in [0.717, 1.165) is 16.0 Å². The van der Waals surface area contributed by atoms with Crippen LogP contribution in [0.3, 0.4) is 0 Å². The molecule has 1 saturated heterocycles. The SMILES string of the molecule is CC1=NN(c2ccccc2)C(=O)C1C=C1C(=O)NC(=O)N(c2ccc(C)c(C)c2)C1=O. The van der Waals surface area contributed by atoms with Crippen LogP contribution in [-0.4, -0.2) is 29.5 Å². The lowest BCUT2D eigenvalue weighted by atomic mass is 9.98. The maximum absolute atomic E-state index is 13.1. The highest BCUT2D eigenvalue weighted by molar-refractivity contribution is 6.38. The molecule has 8 heteroatoms. The Labute approximate surface area is 178 Å². The largest absolute Gasteiger partial charge is 0.335 e. The Morgan fingerprint density at radius 1 is 0.903 bits per heavy atom. The molecule has 2 aliphatic rings. The Kier molecular flexibility index (Phi) is 4.98. The minimum atomic E-state index is -0.889. The van der Waals surface area contributed by atoms with Gasteiger partial charge >= 0.3 is 6.03 Å². The van der Waals surface area contributed by atoms with Crippen LogP contribution in [-0.2, 0) is 14.4 Å². The highest BCUT2D eigenvalue weighted by atomic mass is 16.2. The van der Waals surface area contributed by atoms with Crippen molar-refractivity contribution in [3.05, 3.63) is 71.3 Å². The monoisotopic (exact) mass is 416 g/mol. The zero-order valence-electron chi connectivity index (χ0n) is 17.2. The zero-order valence-corrected chi connectivity index (χ0v) is 17.2. The van der Waals surface area contributed by atoms with Crippen molar-refractivity contribution in [2.75, 3.05) is 9.91 Å². The van der Waals surface area contributed by atoms with Gasteiger partial charge in [0.1, 0.15) is 5.57 Å². The molecule has 4 rings (SSSR count). The number of nitrogens with zero attached hydrogens (tertiary/aromatic N) is 3. The van der Waals surface area contributed by atoms with Gasteiger partial charge in [0.2, 0.25) is 0 Å². The molecule has 1 atom stereocenters. The summed E-state index contributed by atoms with van der Waals surface area (Å²) in [6.45, 7) is 5.43. The van der Waals surface area contributed by atoms with Crippen LogP contribution < -0.4 is 15.2 Å². The number of hydrogen-bond acceptors (Lipinski definition) is 5. The lowest BCUT2D eigenvalue weighted by Gasteiger charge is -2.27. The van der Waals surface area contributed by atoms with E-state index in [0.29, 0.717) is 17.1 Å². The van der Waals surface area contributed by atoms with Gasteiger partial charge in [-0.15, -0.1) is 0 Å². The molecule has 0 saturated carbocycles. The Bertz CT molecular complexity index is 1180. The minimum Gasteiger partial charge on any atom is -0.273 e. The van der Waals surface area contributed by atoms with Gasteiger partial charge in [0.25, 0.3) is 17.7 Å². The molecular weight excluding hydrogens is 396 g/mol. The minimum absolute atomic E-state index is 0.277. The number of carbonyl (C=O) groups is 4. The van der Waals surface area contributed by atoms with Gasteiger partial charge in [-0.3, -0.25) is 19.7 Å². The van der Waals surface area contributed by atoms with Crippen molar-refractivity contribution in [2.45, 2.75) is 20.8 Å². The van der Waals surface area contributed by atoms with Gasteiger partial charge in [0.15, 0.2) is 0 Å². The number of barbiturate groups is 1. The van der Waals surface area contributed by atoms with Crippen molar-refractivity contribution < 1.29 is 19.2 Å². The van der Waals surface area contributed by atoms with Crippen molar-refractivity contribution >= 4 is 40.8 Å². The summed E-state index contributed by atoms with van der Waals surface area (Å²) >= 11 is 0. The van der Waals surface area contributed by atoms with E-state index in [4.69, 9.17) is 0 Å². The fourth-order valence-corrected chi connectivity index (χ4v) is 3.47. The molecule has 2 aromatic carbocycles. The fourth-order valence-electron chi connectivity index (χ4n) is 3.47. The summed E-state index contributed by atoms with van der Waals surface area (Å²) in [5.74, 6) is -2.89. The molecule has 1 unspecified atom stereocenters. The van der Waals surface area contributed by atoms with E-state index in [1.807, 2.05) is 19.9 Å². The third-order valence-electron chi connectivity index (χ3n) is 5.37. The average Bonchev–Trinajstić information content (AvgIpc) is 3.02. The number of urea groups is 1. The molecule has 2 aromatic rings. The first-order valence-corrected chi connectivity index (χ1v) is 9.71. The van der Waals surface area contributed by atoms with Gasteiger partial charge in [-0.05, 0) is 62.2 Å². The van der Waals surface area contributed by atoms with E-state index in [2.05, 4.69) is 10.4 Å². The number of para-hydroxylation sites is 1. The van der Waals surface area contributed by atoms with Gasteiger partial charge < -0.3 is 0 Å². The molecule has 0 aliphatic carbocycles. The number of anilines is 2. The maximum Gasteiger partial charge on any atom is 0.335 e. The second-order valence-electron chi connectivity index (χ2n) is 7.45. The van der Waals surface area contributed by atoms with Gasteiger partial charge in [0, 0.05) is 0 Å². The Morgan fingerprint density at radius 3 is 2.29 bits per heavy atom. The normalized spacial score (nSPS) is 20.4. The van der Waals surface area contributed by atoms with Crippen LogP contribution in [0.4, 0.5) is 16.2 Å². The molecule has 0 bridgehead atoms. The summed E-state index contributed by atoms with van der Waals surface area (Å²) in [6, 6.07) is 13.2. The highest BCUT2D eigenvalue weighted by Gasteiger charge is 2.40. The van der Waals surface area contributed by atoms with Crippen LogP contribution in [0.5, 0.6) is 0 Å². The van der Waals surface area contributed by atoms with Crippen molar-refractivity contribution in [2.24, 2.45) is 11.0 Å². The maximum atomic E-state index is 13.1. The summed E-state index contributed by atoms with van der Waals surface area (Å²) in [5, 5.41) is 7.71. The van der Waals surface area contributed by atoms with Crippen LogP contribution in [0.25, 0.3) is 0 Å². The zero-order chi connectivity index (χ0) is 22.3. The van der Waals surface area contributed by atoms with E-state index in [9.17, 15) is 19.2 Å². The molecule has 0 spiro atoms. The molecule has 156 valence electrons. The second kappa shape index (κ2) is 7.64. The molecule has 2 heterocycles. The third-order valence-corrected chi connectivity index (χ3v) is 5.37. The molecule has 5 amide bonds. The third kappa shape index (κ3) is 3.52. The van der Waals surface area contributed by atoms with Crippen LogP contribution in [0.1, 0.15) is 18.1 Å². The number of hydrazone groups is 1. The van der Waals surface area contributed by atoms with E-state index in [1.54, 1.807) is 49.4 Å². The first-order valence-electron chi connectivity index (χ1n) is 9.71. The molecule has 8 nitrogen and oxygen atoms in total. The molecule has 2 aliphatic heterocycles. The van der Waals surface area contributed by atoms with Crippen LogP contribution in [0, 0.1) is 19.8 Å². The first-order chi connectivity index (χ1) is 14.8. The molecule has 1 N–H and O–H groups in total. The van der Waals surface area contributed by atoms with E-state index in [1.165, 1.54) is 11.1 Å². The van der Waals surface area contributed by atoms with E-state index in [-0.39, 0.29) is 11.5 Å². The summed E-state index contributed by atoms with van der Waals surface area (Å²) in [5.41, 5.74) is 2.99. The number of carbonyl (C=O) groups excluding carboxylic acids is 4. The molecule has 0 aromatic heterocycles. The van der Waals surface area contributed by atoms with Crippen LogP contribution >= 0.6 is 0 Å². The highest BCUT2D eigenvalue weighted by Crippen LogP contribution is 2.28. The number of imide groups is 2. The van der Waals surface area contributed by atoms with Crippen molar-refractivity contribution in [3.8, 4) is 0 Å². The Hall–Kier alpha value is -4.07. The molecule has 0 radical (unpaired) electrons. The number of benzene rings is 2. The van der Waals surface area contributed by atoms with Gasteiger partial charge in [0.05, 0.1) is 23.0 Å². The topological polar surface area (TPSA) is 99.2 Å². The van der Waals surface area contributed by atoms with Crippen LogP contribution in [0.15, 0.2) is 65.3 Å². The van der Waals surface area contributed by atoms with Gasteiger partial charge in [-0.2, -0.15) is 10.1 Å². The second-order valence-corrected chi connectivity index (χ2v) is 7.45. The van der Waals surface area contributed by atoms with Crippen molar-refractivity contribution in [1.29, 1.82) is 0 Å². The smallest absolute Gasteiger partial charge is 0.273 e. The molecule has 1 fully saturated rings. The fraction of sp³-hybridized carbons (Fsp3) is 0.174. The van der Waals surface area contributed by atoms with Gasteiger partial charge in [-0.1, -0.05) is 24.3 Å². The van der Waals surface area contributed by atoms with Gasteiger partial charge in [-0.25, -0.2) is 9.69 Å². The predicted molar refractivity (Wildman–Crippen MR) is 116 cm³/mol. The number of amides is 5. The first kappa shape index (κ1) is 20.2. The Balaban J connectivity index is 1.68. The summed E-state index contributed by atoms with van der Waals surface area (Å²) in [4.78, 5) is 51.8. The number of aryl methyl sites for hydroxylation is 2. The standard InChI is InChI=1S/C23H20N4O4/c1-13-9-10-17(11-14(13)2)26-21(29)19(20(28)24-23(26)31)12-18-15(3)25-27(22(18)30)16-7-5-4-6-8-16/h4-12,18H,1-3H3,(H,24,28,31). The summed E-state index contributed by atoms with van der Waals surface area (Å²) < 4.78 is 0. The average molecular weight is 416 g/mol. The van der Waals surface area contributed by atoms with E-state index >= 15 is 0 Å². The predicted octanol–water partition coefficient (Wildman–Crippen LogP) is 2.85. The lowest BCUT2D eigenvalue weighted by molar-refractivity contribution is -0.122. The number of nitrogens with one attached hydrogen (secondary N) is 1. The summed E-state index contributed by atoms with van der Waals surface area (Å²) in [6.07, 6.45) is 1.28. The quantitative estimate of drug-likeness (QED) is 0.614. The van der Waals surface area contributed by atoms with Crippen molar-refractivity contribution in [1.82, 2.24) is 5.32 Å². The number of hydrogen-bond donors (Lipinski definition) is 1. The number of rotatable bonds is 3. The van der Waals surface area contributed by atoms with E-state index < -0.39 is 23.8 Å². The Morgan fingerprint density at radius 2 is 1.61 bits per heavy atom. The molecule has 31 heavy (non-hydrogen) atoms.